The van der Waals surface area contributed by atoms with Gasteiger partial charge in [0.05, 0.1) is 19.0 Å². The molecule has 2 aromatic carbocycles. The van der Waals surface area contributed by atoms with Crippen LogP contribution < -0.4 is 4.74 Å². The highest BCUT2D eigenvalue weighted by Gasteiger charge is 2.21. The Hall–Kier alpha value is -2.70. The molecule has 1 fully saturated rings. The fourth-order valence-electron chi connectivity index (χ4n) is 4.68. The molecule has 0 amide bonds. The van der Waals surface area contributed by atoms with E-state index in [1.165, 1.54) is 37.1 Å². The van der Waals surface area contributed by atoms with Crippen LogP contribution in [0.2, 0.25) is 0 Å². The molecule has 1 aromatic heterocycles. The first-order chi connectivity index (χ1) is 15.6. The highest BCUT2D eigenvalue weighted by Crippen LogP contribution is 2.24. The Labute approximate surface area is 190 Å². The molecule has 2 heterocycles. The second kappa shape index (κ2) is 10.7. The molecule has 1 aliphatic heterocycles. The summed E-state index contributed by atoms with van der Waals surface area (Å²) in [5.74, 6) is 1.36. The molecule has 0 spiro atoms. The molecule has 5 nitrogen and oxygen atoms in total. The molecule has 6 heteroatoms. The minimum Gasteiger partial charge on any atom is -0.497 e. The van der Waals surface area contributed by atoms with E-state index in [1.54, 1.807) is 19.2 Å². The van der Waals surface area contributed by atoms with Gasteiger partial charge in [0.25, 0.3) is 0 Å². The number of hydrogen-bond donors (Lipinski definition) is 1. The molecule has 0 unspecified atom stereocenters. The molecule has 0 aliphatic carbocycles. The van der Waals surface area contributed by atoms with Crippen molar-refractivity contribution in [3.8, 4) is 17.0 Å². The number of likely N-dealkylation sites (tertiary alicyclic amines) is 1. The summed E-state index contributed by atoms with van der Waals surface area (Å²) in [6.45, 7) is 5.32. The molecule has 170 valence electrons. The summed E-state index contributed by atoms with van der Waals surface area (Å²) in [6.07, 6.45) is 5.49. The molecule has 0 bridgehead atoms. The maximum atomic E-state index is 13.3. The highest BCUT2D eigenvalue weighted by atomic mass is 19.1. The van der Waals surface area contributed by atoms with E-state index in [4.69, 9.17) is 4.74 Å². The first kappa shape index (κ1) is 22.5. The molecule has 1 atom stereocenters. The van der Waals surface area contributed by atoms with Gasteiger partial charge in [0, 0.05) is 37.3 Å². The lowest BCUT2D eigenvalue weighted by molar-refractivity contribution is 0.142. The zero-order chi connectivity index (χ0) is 22.3. The van der Waals surface area contributed by atoms with Crippen LogP contribution in [0.15, 0.2) is 54.7 Å². The quantitative estimate of drug-likeness (QED) is 0.532. The van der Waals surface area contributed by atoms with Crippen LogP contribution in [0.4, 0.5) is 4.39 Å². The smallest absolute Gasteiger partial charge is 0.123 e. The Morgan fingerprint density at radius 1 is 1.16 bits per heavy atom. The Morgan fingerprint density at radius 2 is 1.94 bits per heavy atom. The van der Waals surface area contributed by atoms with E-state index >= 15 is 0 Å². The number of aromatic nitrogens is 2. The number of methoxy groups -OCH3 is 1. The topological polar surface area (TPSA) is 44.4 Å². The number of ether oxygens (including phenoxy) is 1. The zero-order valence-electron chi connectivity index (χ0n) is 19.1. The summed E-state index contributed by atoms with van der Waals surface area (Å²) in [5.41, 5.74) is 4.45. The number of aromatic amines is 1. The zero-order valence-corrected chi connectivity index (χ0v) is 19.1. The Bertz CT molecular complexity index is 970. The van der Waals surface area contributed by atoms with Gasteiger partial charge in [0.2, 0.25) is 0 Å². The molecule has 0 saturated carbocycles. The van der Waals surface area contributed by atoms with Crippen LogP contribution in [-0.4, -0.2) is 60.3 Å². The van der Waals surface area contributed by atoms with Crippen molar-refractivity contribution < 1.29 is 9.13 Å². The molecule has 4 rings (SSSR count). The second-order valence-corrected chi connectivity index (χ2v) is 8.88. The highest BCUT2D eigenvalue weighted by molar-refractivity contribution is 5.62. The largest absolute Gasteiger partial charge is 0.497 e. The second-order valence-electron chi connectivity index (χ2n) is 8.88. The molecule has 3 aromatic rings. The van der Waals surface area contributed by atoms with Gasteiger partial charge in [-0.1, -0.05) is 12.1 Å². The SMILES string of the molecule is COc1ccc(CCN2CCC[C@@H](CN(C)Cc3cn[nH]c3-c3ccc(F)cc3)C2)cc1. The normalized spacial score (nSPS) is 17.1. The summed E-state index contributed by atoms with van der Waals surface area (Å²) < 4.78 is 18.5. The third-order valence-electron chi connectivity index (χ3n) is 6.34. The average molecular weight is 437 g/mol. The molecule has 1 N–H and O–H groups in total. The molecular formula is C26H33FN4O. The molecule has 1 aliphatic rings. The predicted octanol–water partition coefficient (Wildman–Crippen LogP) is 4.61. The number of nitrogens with one attached hydrogen (secondary N) is 1. The van der Waals surface area contributed by atoms with Crippen LogP contribution in [0.1, 0.15) is 24.0 Å². The maximum Gasteiger partial charge on any atom is 0.123 e. The van der Waals surface area contributed by atoms with Crippen molar-refractivity contribution in [1.29, 1.82) is 0 Å². The van der Waals surface area contributed by atoms with E-state index in [0.717, 1.165) is 55.2 Å². The Kier molecular flexibility index (Phi) is 7.55. The minimum atomic E-state index is -0.222. The van der Waals surface area contributed by atoms with Gasteiger partial charge in [0.1, 0.15) is 11.6 Å². The number of hydrogen-bond acceptors (Lipinski definition) is 4. The van der Waals surface area contributed by atoms with Crippen molar-refractivity contribution in [1.82, 2.24) is 20.0 Å². The van der Waals surface area contributed by atoms with Gasteiger partial charge in [-0.05, 0) is 80.7 Å². The predicted molar refractivity (Wildman–Crippen MR) is 126 cm³/mol. The number of halogens is 1. The van der Waals surface area contributed by atoms with Crippen molar-refractivity contribution in [3.05, 3.63) is 71.7 Å². The average Bonchev–Trinajstić information content (AvgIpc) is 3.26. The van der Waals surface area contributed by atoms with Crippen molar-refractivity contribution in [2.45, 2.75) is 25.8 Å². The fourth-order valence-corrected chi connectivity index (χ4v) is 4.68. The van der Waals surface area contributed by atoms with Gasteiger partial charge in [-0.25, -0.2) is 4.39 Å². The van der Waals surface area contributed by atoms with Crippen LogP contribution >= 0.6 is 0 Å². The lowest BCUT2D eigenvalue weighted by Crippen LogP contribution is -2.40. The van der Waals surface area contributed by atoms with E-state index < -0.39 is 0 Å². The molecule has 0 radical (unpaired) electrons. The first-order valence-corrected chi connectivity index (χ1v) is 11.4. The molecule has 32 heavy (non-hydrogen) atoms. The van der Waals surface area contributed by atoms with E-state index in [1.807, 2.05) is 18.3 Å². The summed E-state index contributed by atoms with van der Waals surface area (Å²) in [5, 5.41) is 7.32. The van der Waals surface area contributed by atoms with Gasteiger partial charge in [-0.2, -0.15) is 5.10 Å². The Balaban J connectivity index is 1.27. The van der Waals surface area contributed by atoms with E-state index in [9.17, 15) is 4.39 Å². The summed E-state index contributed by atoms with van der Waals surface area (Å²) in [6, 6.07) is 15.0. The lowest BCUT2D eigenvalue weighted by Gasteiger charge is -2.34. The Morgan fingerprint density at radius 3 is 2.69 bits per heavy atom. The van der Waals surface area contributed by atoms with Gasteiger partial charge in [0.15, 0.2) is 0 Å². The van der Waals surface area contributed by atoms with E-state index in [2.05, 4.69) is 39.2 Å². The number of benzene rings is 2. The minimum absolute atomic E-state index is 0.222. The third-order valence-corrected chi connectivity index (χ3v) is 6.34. The maximum absolute atomic E-state index is 13.3. The standard InChI is InChI=1S/C26H33FN4O/c1-30(19-23-16-28-29-26(23)22-7-9-24(27)10-8-22)17-21-4-3-14-31(18-21)15-13-20-5-11-25(32-2)12-6-20/h5-12,16,21H,3-4,13-15,17-19H2,1-2H3,(H,28,29)/t21-/m0/s1. The van der Waals surface area contributed by atoms with Crippen molar-refractivity contribution >= 4 is 0 Å². The van der Waals surface area contributed by atoms with Crippen LogP contribution in [0, 0.1) is 11.7 Å². The summed E-state index contributed by atoms with van der Waals surface area (Å²) >= 11 is 0. The van der Waals surface area contributed by atoms with Crippen molar-refractivity contribution in [3.63, 3.8) is 0 Å². The van der Waals surface area contributed by atoms with E-state index in [0.29, 0.717) is 5.92 Å². The van der Waals surface area contributed by atoms with Gasteiger partial charge >= 0.3 is 0 Å². The van der Waals surface area contributed by atoms with Crippen LogP contribution in [-0.2, 0) is 13.0 Å². The number of nitrogens with zero attached hydrogens (tertiary/aromatic N) is 3. The summed E-state index contributed by atoms with van der Waals surface area (Å²) in [4.78, 5) is 4.99. The van der Waals surface area contributed by atoms with E-state index in [-0.39, 0.29) is 5.82 Å². The van der Waals surface area contributed by atoms with Gasteiger partial charge < -0.3 is 14.5 Å². The van der Waals surface area contributed by atoms with Crippen molar-refractivity contribution in [2.75, 3.05) is 40.3 Å². The summed E-state index contributed by atoms with van der Waals surface area (Å²) in [7, 11) is 3.88. The number of rotatable bonds is 9. The molecule has 1 saturated heterocycles. The van der Waals surface area contributed by atoms with Crippen LogP contribution in [0.5, 0.6) is 5.75 Å². The monoisotopic (exact) mass is 436 g/mol. The first-order valence-electron chi connectivity index (χ1n) is 11.4. The molecular weight excluding hydrogens is 403 g/mol. The third kappa shape index (κ3) is 5.96. The van der Waals surface area contributed by atoms with Gasteiger partial charge in [-0.15, -0.1) is 0 Å². The lowest BCUT2D eigenvalue weighted by atomic mass is 9.96. The van der Waals surface area contributed by atoms with Crippen LogP contribution in [0.3, 0.4) is 0 Å². The van der Waals surface area contributed by atoms with Crippen LogP contribution in [0.25, 0.3) is 11.3 Å². The van der Waals surface area contributed by atoms with Gasteiger partial charge in [-0.3, -0.25) is 5.10 Å². The van der Waals surface area contributed by atoms with Crippen molar-refractivity contribution in [2.24, 2.45) is 5.92 Å². The number of H-pyrrole nitrogens is 1. The number of piperidine rings is 1. The fraction of sp³-hybridized carbons (Fsp3) is 0.423.